The van der Waals surface area contributed by atoms with Crippen molar-refractivity contribution < 1.29 is 14.7 Å². The Morgan fingerprint density at radius 2 is 1.75 bits per heavy atom. The smallest absolute Gasteiger partial charge is 0.252 e. The average molecular weight is 563 g/mol. The molecule has 0 radical (unpaired) electrons. The largest absolute Gasteiger partial charge is 0.383 e. The highest BCUT2D eigenvalue weighted by Crippen LogP contribution is 2.34. The molecule has 2 amide bonds. The molecule has 0 unspecified atom stereocenters. The van der Waals surface area contributed by atoms with Crippen LogP contribution in [-0.2, 0) is 11.3 Å². The number of carbonyl (C=O) groups excluding carboxylic acids is 2. The normalized spacial score (nSPS) is 18.7. The number of piperazine rings is 1. The topological polar surface area (TPSA) is 85.8 Å². The molecule has 1 aliphatic carbocycles. The number of nitrogens with one attached hydrogen (secondary N) is 1. The van der Waals surface area contributed by atoms with Crippen LogP contribution in [0.4, 0.5) is 0 Å². The second-order valence-corrected chi connectivity index (χ2v) is 12.7. The zero-order valence-electron chi connectivity index (χ0n) is 23.9. The maximum absolute atomic E-state index is 14.1. The number of aliphatic hydroxyl groups is 1. The lowest BCUT2D eigenvalue weighted by atomic mass is 9.84. The van der Waals surface area contributed by atoms with E-state index >= 15 is 0 Å². The number of aromatic nitrogens is 1. The number of thiophene rings is 1. The first-order valence-electron chi connectivity index (χ1n) is 14.8. The minimum absolute atomic E-state index is 0.0293. The van der Waals surface area contributed by atoms with Gasteiger partial charge in [-0.15, -0.1) is 11.3 Å². The number of rotatable bonds is 8. The van der Waals surface area contributed by atoms with Crippen LogP contribution in [0.5, 0.6) is 0 Å². The number of amides is 2. The number of carbonyl (C=O) groups is 2. The standard InChI is InChI=1S/C32H42N4O3S/c1-21(2)30(37)32(39)36-17-15-35(16-18-36)20-25-28(31(38)33-22(3)23-10-5-4-6-11-23)24-12-7-8-13-26(24)34-29(25)27-14-9-19-40-27/h7-9,12-14,19,21-23,30,37H,4-6,10-11,15-18,20H2,1-3H3,(H,33,38)/t22-,30-/m0/s1. The monoisotopic (exact) mass is 562 g/mol. The molecular formula is C32H42N4O3S. The molecule has 0 bridgehead atoms. The Labute approximate surface area is 241 Å². The van der Waals surface area contributed by atoms with Gasteiger partial charge in [0.25, 0.3) is 11.8 Å². The minimum atomic E-state index is -0.969. The van der Waals surface area contributed by atoms with E-state index in [1.807, 2.05) is 49.6 Å². The first-order chi connectivity index (χ1) is 19.3. The van der Waals surface area contributed by atoms with Gasteiger partial charge in [-0.1, -0.05) is 57.4 Å². The van der Waals surface area contributed by atoms with E-state index in [2.05, 4.69) is 23.2 Å². The number of nitrogens with zero attached hydrogens (tertiary/aromatic N) is 3. The molecule has 1 aliphatic heterocycles. The first kappa shape index (κ1) is 28.7. The second-order valence-electron chi connectivity index (χ2n) is 11.8. The van der Waals surface area contributed by atoms with E-state index < -0.39 is 6.10 Å². The lowest BCUT2D eigenvalue weighted by molar-refractivity contribution is -0.144. The van der Waals surface area contributed by atoms with Gasteiger partial charge in [0.05, 0.1) is 21.7 Å². The van der Waals surface area contributed by atoms with Crippen LogP contribution in [0.2, 0.25) is 0 Å². The Morgan fingerprint density at radius 3 is 2.42 bits per heavy atom. The van der Waals surface area contributed by atoms with Crippen molar-refractivity contribution in [1.29, 1.82) is 0 Å². The van der Waals surface area contributed by atoms with E-state index in [9.17, 15) is 14.7 Å². The Hall–Kier alpha value is -2.81. The molecule has 3 heterocycles. The van der Waals surface area contributed by atoms with Crippen LogP contribution < -0.4 is 5.32 Å². The first-order valence-corrected chi connectivity index (χ1v) is 15.7. The van der Waals surface area contributed by atoms with Gasteiger partial charge in [-0.3, -0.25) is 14.5 Å². The predicted molar refractivity (Wildman–Crippen MR) is 161 cm³/mol. The summed E-state index contributed by atoms with van der Waals surface area (Å²) in [6.45, 7) is 8.90. The van der Waals surface area contributed by atoms with Gasteiger partial charge in [0, 0.05) is 49.7 Å². The highest BCUT2D eigenvalue weighted by atomic mass is 32.1. The number of hydrogen-bond donors (Lipinski definition) is 2. The van der Waals surface area contributed by atoms with Crippen molar-refractivity contribution in [2.24, 2.45) is 11.8 Å². The summed E-state index contributed by atoms with van der Waals surface area (Å²) in [6.07, 6.45) is 5.12. The van der Waals surface area contributed by atoms with Gasteiger partial charge in [-0.2, -0.15) is 0 Å². The van der Waals surface area contributed by atoms with Crippen molar-refractivity contribution in [1.82, 2.24) is 20.1 Å². The molecule has 1 aromatic carbocycles. The number of benzene rings is 1. The Kier molecular flexibility index (Phi) is 9.18. The molecule has 2 aliphatic rings. The maximum Gasteiger partial charge on any atom is 0.252 e. The Morgan fingerprint density at radius 1 is 1.02 bits per heavy atom. The molecule has 3 aromatic rings. The molecule has 8 heteroatoms. The van der Waals surface area contributed by atoms with Crippen molar-refractivity contribution in [2.75, 3.05) is 26.2 Å². The van der Waals surface area contributed by atoms with E-state index in [1.165, 1.54) is 32.1 Å². The third-order valence-corrected chi connectivity index (χ3v) is 9.52. The molecule has 40 heavy (non-hydrogen) atoms. The van der Waals surface area contributed by atoms with E-state index in [-0.39, 0.29) is 23.8 Å². The summed E-state index contributed by atoms with van der Waals surface area (Å²) < 4.78 is 0. The van der Waals surface area contributed by atoms with Gasteiger partial charge in [-0.05, 0) is 49.1 Å². The molecule has 7 nitrogen and oxygen atoms in total. The maximum atomic E-state index is 14.1. The highest BCUT2D eigenvalue weighted by Gasteiger charge is 2.30. The SMILES string of the molecule is CC(C)[C@H](O)C(=O)N1CCN(Cc2c(-c3cccs3)nc3ccccc3c2C(=O)N[C@@H](C)C2CCCCC2)CC1. The van der Waals surface area contributed by atoms with E-state index in [0.717, 1.165) is 27.0 Å². The van der Waals surface area contributed by atoms with E-state index in [4.69, 9.17) is 4.98 Å². The quantitative estimate of drug-likeness (QED) is 0.388. The summed E-state index contributed by atoms with van der Waals surface area (Å²) in [6, 6.07) is 12.2. The van der Waals surface area contributed by atoms with E-state index in [0.29, 0.717) is 44.2 Å². The van der Waals surface area contributed by atoms with Crippen molar-refractivity contribution in [2.45, 2.75) is 71.6 Å². The van der Waals surface area contributed by atoms with Gasteiger partial charge in [-0.25, -0.2) is 4.98 Å². The molecule has 214 valence electrons. The Bertz CT molecular complexity index is 1310. The van der Waals surface area contributed by atoms with Crippen molar-refractivity contribution >= 4 is 34.1 Å². The fraction of sp³-hybridized carbons (Fsp3) is 0.531. The number of para-hydroxylation sites is 1. The van der Waals surface area contributed by atoms with Crippen LogP contribution in [0, 0.1) is 11.8 Å². The summed E-state index contributed by atoms with van der Waals surface area (Å²) in [4.78, 5) is 37.1. The van der Waals surface area contributed by atoms with Crippen LogP contribution in [-0.4, -0.2) is 70.0 Å². The number of pyridine rings is 1. The van der Waals surface area contributed by atoms with Crippen LogP contribution in [0.25, 0.3) is 21.5 Å². The molecule has 0 spiro atoms. The molecule has 1 saturated carbocycles. The zero-order chi connectivity index (χ0) is 28.2. The summed E-state index contributed by atoms with van der Waals surface area (Å²) in [5, 5.41) is 16.6. The average Bonchev–Trinajstić information content (AvgIpc) is 3.51. The van der Waals surface area contributed by atoms with Crippen molar-refractivity contribution in [3.63, 3.8) is 0 Å². The van der Waals surface area contributed by atoms with Crippen LogP contribution >= 0.6 is 11.3 Å². The van der Waals surface area contributed by atoms with Gasteiger partial charge in [0.15, 0.2) is 0 Å². The van der Waals surface area contributed by atoms with E-state index in [1.54, 1.807) is 16.2 Å². The van der Waals surface area contributed by atoms with Gasteiger partial charge >= 0.3 is 0 Å². The Balaban J connectivity index is 1.46. The zero-order valence-corrected chi connectivity index (χ0v) is 24.8. The lowest BCUT2D eigenvalue weighted by Gasteiger charge is -2.36. The minimum Gasteiger partial charge on any atom is -0.383 e. The van der Waals surface area contributed by atoms with Crippen LogP contribution in [0.3, 0.4) is 0 Å². The summed E-state index contributed by atoms with van der Waals surface area (Å²) in [7, 11) is 0. The van der Waals surface area contributed by atoms with Crippen LogP contribution in [0.15, 0.2) is 41.8 Å². The fourth-order valence-electron chi connectivity index (χ4n) is 6.14. The summed E-state index contributed by atoms with van der Waals surface area (Å²) in [5.41, 5.74) is 3.34. The van der Waals surface area contributed by atoms with Crippen LogP contribution in [0.1, 0.15) is 68.8 Å². The molecule has 5 rings (SSSR count). The van der Waals surface area contributed by atoms with Gasteiger partial charge in [0.1, 0.15) is 6.10 Å². The third-order valence-electron chi connectivity index (χ3n) is 8.64. The number of aliphatic hydroxyl groups excluding tert-OH is 1. The molecular weight excluding hydrogens is 520 g/mol. The molecule has 2 N–H and O–H groups in total. The molecule has 1 saturated heterocycles. The fourth-order valence-corrected chi connectivity index (χ4v) is 6.88. The molecule has 2 fully saturated rings. The number of hydrogen-bond acceptors (Lipinski definition) is 6. The second kappa shape index (κ2) is 12.8. The molecule has 2 aromatic heterocycles. The lowest BCUT2D eigenvalue weighted by Crippen LogP contribution is -2.52. The van der Waals surface area contributed by atoms with Gasteiger partial charge < -0.3 is 15.3 Å². The highest BCUT2D eigenvalue weighted by molar-refractivity contribution is 7.13. The molecule has 2 atom stereocenters. The summed E-state index contributed by atoms with van der Waals surface area (Å²) in [5.74, 6) is 0.175. The third kappa shape index (κ3) is 6.24. The number of fused-ring (bicyclic) bond motifs is 1. The van der Waals surface area contributed by atoms with Gasteiger partial charge in [0.2, 0.25) is 0 Å². The predicted octanol–water partition coefficient (Wildman–Crippen LogP) is 5.32. The van der Waals surface area contributed by atoms with Crippen molar-refractivity contribution in [3.05, 3.63) is 52.9 Å². The summed E-state index contributed by atoms with van der Waals surface area (Å²) >= 11 is 1.63. The van der Waals surface area contributed by atoms with Crippen molar-refractivity contribution in [3.8, 4) is 10.6 Å².